The highest BCUT2D eigenvalue weighted by Gasteiger charge is 2.73. The van der Waals surface area contributed by atoms with Crippen molar-refractivity contribution < 1.29 is 23.9 Å². The SMILES string of the molecule is CCOC(=O)C1=C(C)N(C)[C@@]23S[C@@](c4ccccc4)(C=C2C(=O)OC)C(=O)N3[C@@H]1c1ccccc1. The Morgan fingerprint density at radius 1 is 1.03 bits per heavy atom. The second-order valence-corrected chi connectivity index (χ2v) is 10.0. The van der Waals surface area contributed by atoms with Gasteiger partial charge in [0, 0.05) is 12.7 Å². The highest BCUT2D eigenvalue weighted by Crippen LogP contribution is 2.68. The summed E-state index contributed by atoms with van der Waals surface area (Å²) in [4.78, 5) is 43.2. The van der Waals surface area contributed by atoms with Gasteiger partial charge in [-0.15, -0.1) is 0 Å². The van der Waals surface area contributed by atoms with Crippen LogP contribution in [0.15, 0.2) is 83.6 Å². The summed E-state index contributed by atoms with van der Waals surface area (Å²) in [5.74, 6) is -1.20. The van der Waals surface area contributed by atoms with Crippen LogP contribution in [0, 0.1) is 0 Å². The van der Waals surface area contributed by atoms with E-state index in [-0.39, 0.29) is 12.5 Å². The first-order valence-corrected chi connectivity index (χ1v) is 12.2. The first-order chi connectivity index (χ1) is 16.8. The van der Waals surface area contributed by atoms with Gasteiger partial charge in [-0.05, 0) is 31.1 Å². The average molecular weight is 491 g/mol. The van der Waals surface area contributed by atoms with E-state index in [1.165, 1.54) is 18.9 Å². The van der Waals surface area contributed by atoms with Crippen LogP contribution >= 0.6 is 11.8 Å². The molecule has 2 bridgehead atoms. The van der Waals surface area contributed by atoms with E-state index in [0.29, 0.717) is 16.8 Å². The molecule has 5 rings (SSSR count). The molecule has 3 aliphatic rings. The topological polar surface area (TPSA) is 76.1 Å². The zero-order valence-corrected chi connectivity index (χ0v) is 20.8. The number of ether oxygens (including phenoxy) is 2. The van der Waals surface area contributed by atoms with Crippen molar-refractivity contribution in [2.24, 2.45) is 0 Å². The lowest BCUT2D eigenvalue weighted by Crippen LogP contribution is -2.63. The maximum Gasteiger partial charge on any atom is 0.338 e. The van der Waals surface area contributed by atoms with Gasteiger partial charge >= 0.3 is 11.9 Å². The molecule has 1 saturated heterocycles. The highest BCUT2D eigenvalue weighted by molar-refractivity contribution is 8.03. The Morgan fingerprint density at radius 3 is 2.26 bits per heavy atom. The monoisotopic (exact) mass is 490 g/mol. The van der Waals surface area contributed by atoms with Crippen molar-refractivity contribution in [2.75, 3.05) is 20.8 Å². The molecule has 2 aromatic carbocycles. The molecule has 3 aliphatic heterocycles. The minimum absolute atomic E-state index is 0.198. The van der Waals surface area contributed by atoms with Crippen LogP contribution < -0.4 is 0 Å². The Hall–Kier alpha value is -3.52. The standard InChI is InChI=1S/C27H26N2O5S/c1-5-34-24(31)21-17(2)28(3)27-20(23(30)33-4)16-26(35-27,19-14-10-7-11-15-19)25(32)29(27)22(21)18-12-8-6-9-13-18/h6-16,22H,5H2,1-4H3/t22-,26-,27+/m1/s1. The number of benzene rings is 2. The minimum Gasteiger partial charge on any atom is -0.466 e. The number of methoxy groups -OCH3 is 1. The molecule has 3 atom stereocenters. The van der Waals surface area contributed by atoms with Gasteiger partial charge in [0.25, 0.3) is 5.91 Å². The van der Waals surface area contributed by atoms with Gasteiger partial charge in [0.15, 0.2) is 4.99 Å². The van der Waals surface area contributed by atoms with Crippen LogP contribution in [0.4, 0.5) is 0 Å². The van der Waals surface area contributed by atoms with Crippen LogP contribution in [0.5, 0.6) is 0 Å². The van der Waals surface area contributed by atoms with Crippen LogP contribution in [0.2, 0.25) is 0 Å². The van der Waals surface area contributed by atoms with Gasteiger partial charge in [0.1, 0.15) is 4.75 Å². The maximum atomic E-state index is 14.4. The molecule has 0 aromatic heterocycles. The lowest BCUT2D eigenvalue weighted by Gasteiger charge is -2.53. The second kappa shape index (κ2) is 8.30. The quantitative estimate of drug-likeness (QED) is 0.591. The zero-order valence-electron chi connectivity index (χ0n) is 20.0. The number of hydrogen-bond acceptors (Lipinski definition) is 7. The second-order valence-electron chi connectivity index (χ2n) is 8.63. The summed E-state index contributed by atoms with van der Waals surface area (Å²) >= 11 is 1.38. The van der Waals surface area contributed by atoms with E-state index >= 15 is 0 Å². The molecule has 0 aliphatic carbocycles. The number of rotatable bonds is 5. The predicted octanol–water partition coefficient (Wildman–Crippen LogP) is 3.75. The van der Waals surface area contributed by atoms with Crippen LogP contribution in [0.25, 0.3) is 0 Å². The molecule has 1 amide bonds. The summed E-state index contributed by atoms with van der Waals surface area (Å²) in [6.45, 7) is 3.78. The third-order valence-corrected chi connectivity index (χ3v) is 8.79. The summed E-state index contributed by atoms with van der Waals surface area (Å²) in [5, 5.41) is 0. The van der Waals surface area contributed by atoms with Gasteiger partial charge < -0.3 is 14.4 Å². The number of amides is 1. The number of allylic oxidation sites excluding steroid dienone is 1. The van der Waals surface area contributed by atoms with Gasteiger partial charge in [-0.2, -0.15) is 0 Å². The molecule has 180 valence electrons. The van der Waals surface area contributed by atoms with E-state index < -0.39 is 27.7 Å². The van der Waals surface area contributed by atoms with Crippen molar-refractivity contribution in [3.63, 3.8) is 0 Å². The smallest absolute Gasteiger partial charge is 0.338 e. The summed E-state index contributed by atoms with van der Waals surface area (Å²) in [5.41, 5.74) is 2.89. The zero-order chi connectivity index (χ0) is 25.0. The molecule has 1 spiro atoms. The highest BCUT2D eigenvalue weighted by atomic mass is 32.2. The van der Waals surface area contributed by atoms with E-state index in [4.69, 9.17) is 9.47 Å². The molecule has 2 aromatic rings. The van der Waals surface area contributed by atoms with Crippen molar-refractivity contribution in [2.45, 2.75) is 29.6 Å². The Kier molecular flexibility index (Phi) is 5.51. The summed E-state index contributed by atoms with van der Waals surface area (Å²) in [7, 11) is 3.13. The maximum absolute atomic E-state index is 14.4. The number of hydrogen-bond donors (Lipinski definition) is 0. The molecule has 0 saturated carbocycles. The van der Waals surface area contributed by atoms with E-state index in [9.17, 15) is 14.4 Å². The lowest BCUT2D eigenvalue weighted by molar-refractivity contribution is -0.148. The van der Waals surface area contributed by atoms with Crippen molar-refractivity contribution in [3.8, 4) is 0 Å². The van der Waals surface area contributed by atoms with Crippen molar-refractivity contribution in [3.05, 3.63) is 94.7 Å². The van der Waals surface area contributed by atoms with Crippen LogP contribution in [-0.2, 0) is 28.6 Å². The fourth-order valence-corrected chi connectivity index (χ4v) is 7.20. The Labute approximate surface area is 208 Å². The predicted molar refractivity (Wildman–Crippen MR) is 132 cm³/mol. The Bertz CT molecular complexity index is 1270. The number of esters is 2. The largest absolute Gasteiger partial charge is 0.466 e. The normalized spacial score (nSPS) is 27.0. The number of likely N-dealkylation sites (N-methyl/N-ethyl adjacent to an activating group) is 1. The van der Waals surface area contributed by atoms with Gasteiger partial charge in [-0.3, -0.25) is 9.69 Å². The molecule has 8 heteroatoms. The summed E-state index contributed by atoms with van der Waals surface area (Å²) in [6, 6.07) is 18.1. The first kappa shape index (κ1) is 23.2. The molecule has 0 radical (unpaired) electrons. The number of carbonyl (C=O) groups excluding carboxylic acids is 3. The molecule has 7 nitrogen and oxygen atoms in total. The molecule has 3 heterocycles. The van der Waals surface area contributed by atoms with E-state index in [0.717, 1.165) is 11.1 Å². The fourth-order valence-electron chi connectivity index (χ4n) is 5.32. The van der Waals surface area contributed by atoms with Gasteiger partial charge in [-0.25, -0.2) is 9.59 Å². The molecule has 35 heavy (non-hydrogen) atoms. The number of thioether (sulfide) groups is 1. The third kappa shape index (κ3) is 3.02. The third-order valence-electron chi connectivity index (χ3n) is 6.96. The van der Waals surface area contributed by atoms with Gasteiger partial charge in [-0.1, -0.05) is 72.4 Å². The average Bonchev–Trinajstić information content (AvgIpc) is 3.37. The number of carbonyl (C=O) groups is 3. The molecule has 0 unspecified atom stereocenters. The summed E-state index contributed by atoms with van der Waals surface area (Å²) in [6.07, 6.45) is 1.73. The lowest BCUT2D eigenvalue weighted by atomic mass is 9.83. The fraction of sp³-hybridized carbons (Fsp3) is 0.296. The Balaban J connectivity index is 1.82. The van der Waals surface area contributed by atoms with Crippen molar-refractivity contribution >= 4 is 29.6 Å². The van der Waals surface area contributed by atoms with E-state index in [2.05, 4.69) is 0 Å². The summed E-state index contributed by atoms with van der Waals surface area (Å²) < 4.78 is 9.49. The van der Waals surface area contributed by atoms with Crippen LogP contribution in [0.3, 0.4) is 0 Å². The number of nitrogens with zero attached hydrogens (tertiary/aromatic N) is 2. The molecular formula is C27H26N2O5S. The van der Waals surface area contributed by atoms with Crippen molar-refractivity contribution in [1.82, 2.24) is 9.80 Å². The first-order valence-electron chi connectivity index (χ1n) is 11.4. The van der Waals surface area contributed by atoms with E-state index in [1.807, 2.05) is 72.5 Å². The Morgan fingerprint density at radius 2 is 1.66 bits per heavy atom. The molecule has 1 fully saturated rings. The van der Waals surface area contributed by atoms with Gasteiger partial charge in [0.2, 0.25) is 0 Å². The molecular weight excluding hydrogens is 464 g/mol. The molecule has 0 N–H and O–H groups in total. The van der Waals surface area contributed by atoms with Crippen LogP contribution in [0.1, 0.15) is 31.0 Å². The van der Waals surface area contributed by atoms with E-state index in [1.54, 1.807) is 24.9 Å². The van der Waals surface area contributed by atoms with Gasteiger partial charge in [0.05, 0.1) is 30.9 Å². The van der Waals surface area contributed by atoms with Crippen molar-refractivity contribution in [1.29, 1.82) is 0 Å². The number of fused-ring (bicyclic) bond motifs is 1. The minimum atomic E-state index is -1.19. The van der Waals surface area contributed by atoms with Crippen LogP contribution in [-0.4, -0.2) is 53.4 Å².